The third-order valence-electron chi connectivity index (χ3n) is 0.0238. The Kier molecular flexibility index (Phi) is 16.8. The van der Waals surface area contributed by atoms with Crippen LogP contribution >= 0.6 is 23.7 Å². The van der Waals surface area contributed by atoms with Crippen LogP contribution in [0.1, 0.15) is 0 Å². The second-order valence-corrected chi connectivity index (χ2v) is 0.378. The summed E-state index contributed by atoms with van der Waals surface area (Å²) >= 11 is 8.66. The molecular formula is Cl2O2V. The first-order chi connectivity index (χ1) is 1.91. The molecule has 0 N–H and O–H groups in total. The largest absolute Gasteiger partial charge is 0.102 e. The molecule has 0 aromatic heterocycles. The molecule has 0 bridgehead atoms. The summed E-state index contributed by atoms with van der Waals surface area (Å²) in [6.07, 6.45) is 0. The standard InChI is InChI=1S/Cl2O2.V/c1-3-4-2;. The second kappa shape index (κ2) is 8.92. The molecule has 0 aliphatic carbocycles. The van der Waals surface area contributed by atoms with E-state index in [2.05, 4.69) is 32.6 Å². The molecule has 31 valence electrons. The second-order valence-electron chi connectivity index (χ2n) is 0.126. The molecule has 0 rings (SSSR count). The number of hydrogen-bond acceptors (Lipinski definition) is 2. The Hall–Kier alpha value is 1.08. The van der Waals surface area contributed by atoms with E-state index in [9.17, 15) is 0 Å². The monoisotopic (exact) mass is 153 g/mol. The summed E-state index contributed by atoms with van der Waals surface area (Å²) in [5.41, 5.74) is 0. The molecular weight excluding hydrogens is 154 g/mol. The fourth-order valence-corrected chi connectivity index (χ4v) is 0. The Morgan fingerprint density at radius 2 is 1.20 bits per heavy atom. The van der Waals surface area contributed by atoms with Gasteiger partial charge in [0.2, 0.25) is 0 Å². The first-order valence-electron chi connectivity index (χ1n) is 0.475. The van der Waals surface area contributed by atoms with E-state index in [-0.39, 0.29) is 18.6 Å². The molecule has 0 aromatic carbocycles. The van der Waals surface area contributed by atoms with Crippen LogP contribution in [0.3, 0.4) is 0 Å². The molecule has 0 unspecified atom stereocenters. The fraction of sp³-hybridized carbons (Fsp3) is 0. The Morgan fingerprint density at radius 3 is 1.20 bits per heavy atom. The van der Waals surface area contributed by atoms with Gasteiger partial charge in [-0.25, -0.2) is 0 Å². The minimum absolute atomic E-state index is 0. The molecule has 0 atom stereocenters. The van der Waals surface area contributed by atoms with Gasteiger partial charge >= 0.3 is 0 Å². The number of rotatable bonds is 1. The summed E-state index contributed by atoms with van der Waals surface area (Å²) in [6, 6.07) is 0. The van der Waals surface area contributed by atoms with Crippen molar-refractivity contribution >= 4 is 23.7 Å². The zero-order chi connectivity index (χ0) is 3.41. The van der Waals surface area contributed by atoms with Crippen molar-refractivity contribution < 1.29 is 27.4 Å². The maximum absolute atomic E-state index is 4.33. The summed E-state index contributed by atoms with van der Waals surface area (Å²) in [7, 11) is 0. The van der Waals surface area contributed by atoms with E-state index in [0.29, 0.717) is 0 Å². The van der Waals surface area contributed by atoms with E-state index in [1.54, 1.807) is 0 Å². The van der Waals surface area contributed by atoms with Gasteiger partial charge < -0.3 is 0 Å². The third-order valence-corrected chi connectivity index (χ3v) is 0.214. The topological polar surface area (TPSA) is 18.5 Å². The molecule has 5 heteroatoms. The minimum Gasteiger partial charge on any atom is -0.102 e. The summed E-state index contributed by atoms with van der Waals surface area (Å²) in [4.78, 5) is 0. The van der Waals surface area contributed by atoms with Crippen molar-refractivity contribution in [3.63, 3.8) is 0 Å². The van der Waals surface area contributed by atoms with Gasteiger partial charge in [0, 0.05) is 18.6 Å². The number of hydrogen-bond donors (Lipinski definition) is 0. The van der Waals surface area contributed by atoms with E-state index in [1.807, 2.05) is 0 Å². The Morgan fingerprint density at radius 1 is 1.00 bits per heavy atom. The van der Waals surface area contributed by atoms with Gasteiger partial charge in [-0.15, -0.1) is 8.88 Å². The fourth-order valence-electron chi connectivity index (χ4n) is 0. The van der Waals surface area contributed by atoms with E-state index >= 15 is 0 Å². The summed E-state index contributed by atoms with van der Waals surface area (Å²) < 4.78 is 6.56. The Labute approximate surface area is 51.5 Å². The maximum Gasteiger partial charge on any atom is 0.102 e. The smallest absolute Gasteiger partial charge is 0.102 e. The average molecular weight is 154 g/mol. The first kappa shape index (κ1) is 9.43. The van der Waals surface area contributed by atoms with Gasteiger partial charge in [-0.05, 0) is 0 Å². The molecule has 2 nitrogen and oxygen atoms in total. The Bertz CT molecular complexity index is 9.61. The molecule has 5 heavy (non-hydrogen) atoms. The van der Waals surface area contributed by atoms with Crippen LogP contribution in [0.4, 0.5) is 0 Å². The van der Waals surface area contributed by atoms with Crippen molar-refractivity contribution in [2.45, 2.75) is 0 Å². The molecule has 0 saturated carbocycles. The van der Waals surface area contributed by atoms with Gasteiger partial charge in [-0.3, -0.25) is 0 Å². The van der Waals surface area contributed by atoms with Crippen LogP contribution in [-0.4, -0.2) is 0 Å². The van der Waals surface area contributed by atoms with E-state index in [4.69, 9.17) is 0 Å². The van der Waals surface area contributed by atoms with Crippen LogP contribution in [0.15, 0.2) is 0 Å². The van der Waals surface area contributed by atoms with Gasteiger partial charge in [0.15, 0.2) is 0 Å². The minimum atomic E-state index is 0. The first-order valence-corrected chi connectivity index (χ1v) is 1.09. The molecule has 1 radical (unpaired) electrons. The van der Waals surface area contributed by atoms with Crippen LogP contribution in [0, 0.1) is 0 Å². The van der Waals surface area contributed by atoms with Crippen LogP contribution < -0.4 is 0 Å². The van der Waals surface area contributed by atoms with Gasteiger partial charge in [0.25, 0.3) is 0 Å². The van der Waals surface area contributed by atoms with Crippen molar-refractivity contribution in [1.29, 1.82) is 0 Å². The van der Waals surface area contributed by atoms with Crippen LogP contribution in [0.25, 0.3) is 0 Å². The van der Waals surface area contributed by atoms with Crippen LogP contribution in [0.2, 0.25) is 0 Å². The zero-order valence-electron chi connectivity index (χ0n) is 2.02. The summed E-state index contributed by atoms with van der Waals surface area (Å²) in [5, 5.41) is 0. The maximum atomic E-state index is 4.33. The van der Waals surface area contributed by atoms with Crippen LogP contribution in [0.5, 0.6) is 0 Å². The molecule has 0 aromatic rings. The molecule has 0 saturated heterocycles. The molecule has 0 fully saturated rings. The zero-order valence-corrected chi connectivity index (χ0v) is 4.93. The van der Waals surface area contributed by atoms with Crippen molar-refractivity contribution in [1.82, 2.24) is 0 Å². The Balaban J connectivity index is 0. The predicted molar refractivity (Wildman–Crippen MR) is 13.9 cm³/mol. The SMILES string of the molecule is ClOOCl.[V]. The normalized spacial score (nSPS) is 6.00. The van der Waals surface area contributed by atoms with Gasteiger partial charge in [0.1, 0.15) is 23.7 Å². The van der Waals surface area contributed by atoms with Gasteiger partial charge in [-0.1, -0.05) is 0 Å². The molecule has 0 heterocycles. The average Bonchev–Trinajstić information content (AvgIpc) is 1.37. The quantitative estimate of drug-likeness (QED) is 0.417. The van der Waals surface area contributed by atoms with Crippen molar-refractivity contribution in [2.24, 2.45) is 0 Å². The molecule has 0 spiro atoms. The van der Waals surface area contributed by atoms with E-state index in [0.717, 1.165) is 0 Å². The van der Waals surface area contributed by atoms with Gasteiger partial charge in [-0.2, -0.15) is 0 Å². The molecule has 0 amide bonds. The number of halogens is 2. The molecule has 0 aliphatic heterocycles. The summed E-state index contributed by atoms with van der Waals surface area (Å²) in [5.74, 6) is 0. The van der Waals surface area contributed by atoms with Gasteiger partial charge in [0.05, 0.1) is 0 Å². The predicted octanol–water partition coefficient (Wildman–Crippen LogP) is 1.24. The third kappa shape index (κ3) is 11.1. The van der Waals surface area contributed by atoms with E-state index < -0.39 is 0 Å². The van der Waals surface area contributed by atoms with Crippen molar-refractivity contribution in [3.05, 3.63) is 0 Å². The van der Waals surface area contributed by atoms with Crippen molar-refractivity contribution in [3.8, 4) is 0 Å². The summed E-state index contributed by atoms with van der Waals surface area (Å²) in [6.45, 7) is 0. The molecule has 0 aliphatic rings. The van der Waals surface area contributed by atoms with Crippen LogP contribution in [-0.2, 0) is 27.4 Å². The van der Waals surface area contributed by atoms with Crippen molar-refractivity contribution in [2.75, 3.05) is 0 Å². The van der Waals surface area contributed by atoms with E-state index in [1.165, 1.54) is 0 Å².